The molecule has 0 saturated heterocycles. The van der Waals surface area contributed by atoms with Crippen LogP contribution in [0.15, 0.2) is 24.3 Å². The smallest absolute Gasteiger partial charge is 0.226 e. The van der Waals surface area contributed by atoms with Crippen LogP contribution in [0.4, 0.5) is 5.13 Å². The molecular formula is C18H25N3O2S. The quantitative estimate of drug-likeness (QED) is 0.729. The average molecular weight is 347 g/mol. The molecule has 1 aromatic heterocycles. The third-order valence-corrected chi connectivity index (χ3v) is 4.92. The molecule has 1 N–H and O–H groups in total. The van der Waals surface area contributed by atoms with E-state index in [1.54, 1.807) is 0 Å². The molecule has 0 bridgehead atoms. The number of hydrogen-bond donors (Lipinski definition) is 1. The topological polar surface area (TPSA) is 64.1 Å². The highest BCUT2D eigenvalue weighted by Crippen LogP contribution is 2.28. The van der Waals surface area contributed by atoms with E-state index >= 15 is 0 Å². The minimum absolute atomic E-state index is 0.0476. The zero-order valence-corrected chi connectivity index (χ0v) is 15.4. The van der Waals surface area contributed by atoms with Crippen LogP contribution >= 0.6 is 11.3 Å². The first kappa shape index (κ1) is 18.4. The fourth-order valence-corrected chi connectivity index (χ4v) is 3.55. The predicted octanol–water partition coefficient (Wildman–Crippen LogP) is 4.41. The van der Waals surface area contributed by atoms with E-state index < -0.39 is 0 Å². The number of amides is 1. The second-order valence-electron chi connectivity index (χ2n) is 5.55. The minimum Gasteiger partial charge on any atom is -0.494 e. The molecule has 130 valence electrons. The molecule has 0 aliphatic rings. The third kappa shape index (κ3) is 5.03. The Labute approximate surface area is 147 Å². The van der Waals surface area contributed by atoms with Crippen LogP contribution in [0.1, 0.15) is 56.5 Å². The van der Waals surface area contributed by atoms with E-state index in [1.165, 1.54) is 11.3 Å². The number of carbonyl (C=O) groups is 1. The molecule has 0 atom stereocenters. The summed E-state index contributed by atoms with van der Waals surface area (Å²) in [6.07, 6.45) is 3.10. The van der Waals surface area contributed by atoms with Crippen molar-refractivity contribution in [3.05, 3.63) is 34.8 Å². The minimum atomic E-state index is -0.0476. The maximum atomic E-state index is 12.2. The summed E-state index contributed by atoms with van der Waals surface area (Å²) >= 11 is 1.47. The van der Waals surface area contributed by atoms with Gasteiger partial charge in [0.1, 0.15) is 10.8 Å². The van der Waals surface area contributed by atoms with Crippen LogP contribution in [-0.2, 0) is 11.2 Å². The zero-order valence-electron chi connectivity index (χ0n) is 14.5. The van der Waals surface area contributed by atoms with E-state index in [1.807, 2.05) is 31.2 Å². The van der Waals surface area contributed by atoms with Gasteiger partial charge in [-0.05, 0) is 37.8 Å². The summed E-state index contributed by atoms with van der Waals surface area (Å²) in [5, 5.41) is 12.7. The number of para-hydroxylation sites is 1. The molecule has 0 fully saturated rings. The van der Waals surface area contributed by atoms with Crippen molar-refractivity contribution in [2.45, 2.75) is 52.4 Å². The number of nitrogens with zero attached hydrogens (tertiary/aromatic N) is 2. The van der Waals surface area contributed by atoms with Crippen LogP contribution in [-0.4, -0.2) is 22.7 Å². The third-order valence-electron chi connectivity index (χ3n) is 3.92. The second-order valence-corrected chi connectivity index (χ2v) is 6.56. The maximum Gasteiger partial charge on any atom is 0.226 e. The molecule has 1 heterocycles. The molecule has 0 unspecified atom stereocenters. The first-order valence-electron chi connectivity index (χ1n) is 8.51. The fraction of sp³-hybridized carbons (Fsp3) is 0.500. The standard InChI is InChI=1S/C18H25N3O2S/c1-4-13(5-2)17-20-21-18(24-17)19-16(22)12-11-14-9-7-8-10-15(14)23-6-3/h7-10,13H,4-6,11-12H2,1-3H3,(H,19,21,22). The number of nitrogens with one attached hydrogen (secondary N) is 1. The van der Waals surface area contributed by atoms with Crippen molar-refractivity contribution in [1.82, 2.24) is 10.2 Å². The van der Waals surface area contributed by atoms with Crippen LogP contribution in [0.5, 0.6) is 5.75 Å². The first-order valence-corrected chi connectivity index (χ1v) is 9.33. The van der Waals surface area contributed by atoms with Crippen LogP contribution < -0.4 is 10.1 Å². The van der Waals surface area contributed by atoms with E-state index in [9.17, 15) is 4.79 Å². The molecule has 0 saturated carbocycles. The van der Waals surface area contributed by atoms with Crippen molar-refractivity contribution in [1.29, 1.82) is 0 Å². The summed E-state index contributed by atoms with van der Waals surface area (Å²) < 4.78 is 5.59. The predicted molar refractivity (Wildman–Crippen MR) is 97.8 cm³/mol. The van der Waals surface area contributed by atoms with Crippen molar-refractivity contribution in [3.8, 4) is 5.75 Å². The zero-order chi connectivity index (χ0) is 17.4. The van der Waals surface area contributed by atoms with Crippen molar-refractivity contribution < 1.29 is 9.53 Å². The number of benzene rings is 1. The van der Waals surface area contributed by atoms with Crippen LogP contribution in [0, 0.1) is 0 Å². The molecule has 2 rings (SSSR count). The normalized spacial score (nSPS) is 10.8. The van der Waals surface area contributed by atoms with Crippen molar-refractivity contribution >= 4 is 22.4 Å². The Bertz CT molecular complexity index is 653. The molecule has 0 radical (unpaired) electrons. The molecule has 1 aromatic carbocycles. The van der Waals surface area contributed by atoms with Crippen LogP contribution in [0.3, 0.4) is 0 Å². The number of rotatable bonds is 9. The molecule has 0 aliphatic heterocycles. The summed E-state index contributed by atoms with van der Waals surface area (Å²) in [5.41, 5.74) is 1.05. The van der Waals surface area contributed by atoms with Gasteiger partial charge in [-0.3, -0.25) is 4.79 Å². The Morgan fingerprint density at radius 1 is 1.21 bits per heavy atom. The summed E-state index contributed by atoms with van der Waals surface area (Å²) in [5.74, 6) is 1.22. The van der Waals surface area contributed by atoms with E-state index in [2.05, 4.69) is 29.4 Å². The number of hydrogen-bond acceptors (Lipinski definition) is 5. The second kappa shape index (κ2) is 9.37. The number of ether oxygens (including phenoxy) is 1. The largest absolute Gasteiger partial charge is 0.494 e. The van der Waals surface area contributed by atoms with E-state index in [0.29, 0.717) is 30.5 Å². The number of aromatic nitrogens is 2. The lowest BCUT2D eigenvalue weighted by molar-refractivity contribution is -0.116. The Hall–Kier alpha value is -1.95. The number of aryl methyl sites for hydroxylation is 1. The summed E-state index contributed by atoms with van der Waals surface area (Å²) in [6.45, 7) is 6.86. The summed E-state index contributed by atoms with van der Waals surface area (Å²) in [6, 6.07) is 7.83. The lowest BCUT2D eigenvalue weighted by atomic mass is 10.1. The van der Waals surface area contributed by atoms with Gasteiger partial charge in [-0.2, -0.15) is 0 Å². The molecule has 6 heteroatoms. The van der Waals surface area contributed by atoms with E-state index in [0.717, 1.165) is 29.2 Å². The van der Waals surface area contributed by atoms with Gasteiger partial charge in [0.25, 0.3) is 0 Å². The molecule has 1 amide bonds. The molecule has 5 nitrogen and oxygen atoms in total. The van der Waals surface area contributed by atoms with Crippen molar-refractivity contribution in [2.75, 3.05) is 11.9 Å². The Kier molecular flexibility index (Phi) is 7.18. The van der Waals surface area contributed by atoms with Crippen molar-refractivity contribution in [3.63, 3.8) is 0 Å². The Balaban J connectivity index is 1.90. The fourth-order valence-electron chi connectivity index (χ4n) is 2.52. The van der Waals surface area contributed by atoms with Gasteiger partial charge in [0, 0.05) is 12.3 Å². The first-order chi connectivity index (χ1) is 11.7. The molecule has 0 spiro atoms. The van der Waals surface area contributed by atoms with Gasteiger partial charge >= 0.3 is 0 Å². The molecule has 2 aromatic rings. The van der Waals surface area contributed by atoms with Gasteiger partial charge in [0.05, 0.1) is 6.61 Å². The average Bonchev–Trinajstić information content (AvgIpc) is 3.04. The Morgan fingerprint density at radius 2 is 1.96 bits per heavy atom. The molecule has 24 heavy (non-hydrogen) atoms. The number of anilines is 1. The van der Waals surface area contributed by atoms with Crippen molar-refractivity contribution in [2.24, 2.45) is 0 Å². The lowest BCUT2D eigenvalue weighted by Gasteiger charge is -2.09. The van der Waals surface area contributed by atoms with Gasteiger partial charge in [-0.1, -0.05) is 43.4 Å². The highest BCUT2D eigenvalue weighted by Gasteiger charge is 2.15. The number of carbonyl (C=O) groups excluding carboxylic acids is 1. The SMILES string of the molecule is CCOc1ccccc1CCC(=O)Nc1nnc(C(CC)CC)s1. The Morgan fingerprint density at radius 3 is 2.67 bits per heavy atom. The highest BCUT2D eigenvalue weighted by atomic mass is 32.1. The van der Waals surface area contributed by atoms with Gasteiger partial charge in [-0.25, -0.2) is 0 Å². The monoisotopic (exact) mass is 347 g/mol. The molecular weight excluding hydrogens is 322 g/mol. The van der Waals surface area contributed by atoms with Crippen LogP contribution in [0.2, 0.25) is 0 Å². The molecule has 0 aliphatic carbocycles. The van der Waals surface area contributed by atoms with Gasteiger partial charge in [0.2, 0.25) is 11.0 Å². The summed E-state index contributed by atoms with van der Waals surface area (Å²) in [7, 11) is 0. The lowest BCUT2D eigenvalue weighted by Crippen LogP contribution is -2.12. The maximum absolute atomic E-state index is 12.2. The van der Waals surface area contributed by atoms with Crippen LogP contribution in [0.25, 0.3) is 0 Å². The highest BCUT2D eigenvalue weighted by molar-refractivity contribution is 7.15. The van der Waals surface area contributed by atoms with E-state index in [-0.39, 0.29) is 5.91 Å². The van der Waals surface area contributed by atoms with Gasteiger partial charge in [0.15, 0.2) is 0 Å². The van der Waals surface area contributed by atoms with E-state index in [4.69, 9.17) is 4.74 Å². The van der Waals surface area contributed by atoms with Gasteiger partial charge in [-0.15, -0.1) is 10.2 Å². The summed E-state index contributed by atoms with van der Waals surface area (Å²) in [4.78, 5) is 12.2. The van der Waals surface area contributed by atoms with Gasteiger partial charge < -0.3 is 10.1 Å².